The first kappa shape index (κ1) is 15.5. The third-order valence-corrected chi connectivity index (χ3v) is 2.75. The average molecular weight is 264 g/mol. The molecular weight excluding hydrogens is 240 g/mol. The number of methoxy groups -OCH3 is 1. The summed E-state index contributed by atoms with van der Waals surface area (Å²) in [4.78, 5) is 11.5. The minimum Gasteiger partial charge on any atom is -0.385 e. The lowest BCUT2D eigenvalue weighted by molar-refractivity contribution is -0.120. The lowest BCUT2D eigenvalue weighted by Crippen LogP contribution is -2.26. The quantitative estimate of drug-likeness (QED) is 0.708. The van der Waals surface area contributed by atoms with E-state index in [1.807, 2.05) is 0 Å². The van der Waals surface area contributed by atoms with E-state index in [4.69, 9.17) is 4.74 Å². The number of anilines is 1. The monoisotopic (exact) mass is 264 g/mol. The zero-order chi connectivity index (χ0) is 14.1. The topological polar surface area (TPSA) is 50.4 Å². The molecule has 0 atom stereocenters. The van der Waals surface area contributed by atoms with E-state index in [1.54, 1.807) is 7.11 Å². The molecule has 19 heavy (non-hydrogen) atoms. The van der Waals surface area contributed by atoms with Crippen LogP contribution in [-0.2, 0) is 9.53 Å². The number of aryl methyl sites for hydroxylation is 2. The Hall–Kier alpha value is -1.55. The molecule has 0 fully saturated rings. The molecule has 0 unspecified atom stereocenters. The van der Waals surface area contributed by atoms with E-state index in [2.05, 4.69) is 42.7 Å². The first-order valence-electron chi connectivity index (χ1n) is 6.69. The van der Waals surface area contributed by atoms with Gasteiger partial charge >= 0.3 is 0 Å². The van der Waals surface area contributed by atoms with Gasteiger partial charge in [0, 0.05) is 38.9 Å². The SMILES string of the molecule is COCCCNC(=O)CCNc1cc(C)cc(C)c1. The molecule has 0 aromatic heterocycles. The van der Waals surface area contributed by atoms with Crippen molar-refractivity contribution < 1.29 is 9.53 Å². The first-order chi connectivity index (χ1) is 9.11. The van der Waals surface area contributed by atoms with Crippen LogP contribution in [0.4, 0.5) is 5.69 Å². The minimum absolute atomic E-state index is 0.0768. The Balaban J connectivity index is 2.20. The molecule has 0 heterocycles. The van der Waals surface area contributed by atoms with Crippen LogP contribution in [0.15, 0.2) is 18.2 Å². The van der Waals surface area contributed by atoms with E-state index in [0.29, 0.717) is 26.1 Å². The number of carbonyl (C=O) groups excluding carboxylic acids is 1. The molecule has 1 amide bonds. The van der Waals surface area contributed by atoms with Crippen molar-refractivity contribution in [1.82, 2.24) is 5.32 Å². The highest BCUT2D eigenvalue weighted by atomic mass is 16.5. The number of hydrogen-bond donors (Lipinski definition) is 2. The maximum atomic E-state index is 11.5. The smallest absolute Gasteiger partial charge is 0.221 e. The Morgan fingerprint density at radius 2 is 1.84 bits per heavy atom. The van der Waals surface area contributed by atoms with E-state index in [9.17, 15) is 4.79 Å². The third kappa shape index (κ3) is 6.82. The molecule has 0 aliphatic heterocycles. The highest BCUT2D eigenvalue weighted by Gasteiger charge is 2.01. The van der Waals surface area contributed by atoms with Crippen molar-refractivity contribution in [1.29, 1.82) is 0 Å². The summed E-state index contributed by atoms with van der Waals surface area (Å²) in [5, 5.41) is 6.14. The fourth-order valence-electron chi connectivity index (χ4n) is 1.93. The van der Waals surface area contributed by atoms with E-state index in [1.165, 1.54) is 11.1 Å². The largest absolute Gasteiger partial charge is 0.385 e. The lowest BCUT2D eigenvalue weighted by Gasteiger charge is -2.09. The predicted octanol–water partition coefficient (Wildman–Crippen LogP) is 2.26. The maximum Gasteiger partial charge on any atom is 0.221 e. The van der Waals surface area contributed by atoms with Crippen molar-refractivity contribution in [3.63, 3.8) is 0 Å². The first-order valence-corrected chi connectivity index (χ1v) is 6.69. The summed E-state index contributed by atoms with van der Waals surface area (Å²) in [6.45, 7) is 6.15. The van der Waals surface area contributed by atoms with Crippen molar-refractivity contribution in [2.24, 2.45) is 0 Å². The Morgan fingerprint density at radius 3 is 2.47 bits per heavy atom. The molecule has 4 heteroatoms. The second kappa shape index (κ2) is 8.53. The molecule has 4 nitrogen and oxygen atoms in total. The van der Waals surface area contributed by atoms with E-state index >= 15 is 0 Å². The number of amides is 1. The number of rotatable bonds is 8. The summed E-state index contributed by atoms with van der Waals surface area (Å²) in [5.41, 5.74) is 3.53. The van der Waals surface area contributed by atoms with Crippen molar-refractivity contribution >= 4 is 11.6 Å². The Bertz CT molecular complexity index is 385. The molecule has 1 aromatic carbocycles. The van der Waals surface area contributed by atoms with Crippen LogP contribution in [-0.4, -0.2) is 32.7 Å². The molecule has 0 saturated heterocycles. The van der Waals surface area contributed by atoms with Crippen molar-refractivity contribution in [2.75, 3.05) is 32.1 Å². The van der Waals surface area contributed by atoms with Crippen LogP contribution < -0.4 is 10.6 Å². The van der Waals surface area contributed by atoms with Crippen LogP contribution in [0.2, 0.25) is 0 Å². The zero-order valence-corrected chi connectivity index (χ0v) is 12.1. The van der Waals surface area contributed by atoms with E-state index in [-0.39, 0.29) is 5.91 Å². The van der Waals surface area contributed by atoms with Gasteiger partial charge in [0.15, 0.2) is 0 Å². The van der Waals surface area contributed by atoms with Crippen LogP contribution in [0.3, 0.4) is 0 Å². The van der Waals surface area contributed by atoms with Gasteiger partial charge in [0.2, 0.25) is 5.91 Å². The number of ether oxygens (including phenoxy) is 1. The van der Waals surface area contributed by atoms with Gasteiger partial charge in [-0.2, -0.15) is 0 Å². The summed E-state index contributed by atoms with van der Waals surface area (Å²) in [5.74, 6) is 0.0768. The molecule has 1 aromatic rings. The van der Waals surface area contributed by atoms with Crippen LogP contribution >= 0.6 is 0 Å². The molecule has 0 aliphatic rings. The van der Waals surface area contributed by atoms with Crippen molar-refractivity contribution in [3.8, 4) is 0 Å². The van der Waals surface area contributed by atoms with Gasteiger partial charge in [-0.05, 0) is 43.5 Å². The minimum atomic E-state index is 0.0768. The zero-order valence-electron chi connectivity index (χ0n) is 12.1. The lowest BCUT2D eigenvalue weighted by atomic mass is 10.1. The van der Waals surface area contributed by atoms with Gasteiger partial charge < -0.3 is 15.4 Å². The van der Waals surface area contributed by atoms with Gasteiger partial charge in [0.05, 0.1) is 0 Å². The number of hydrogen-bond acceptors (Lipinski definition) is 3. The molecule has 0 spiro atoms. The standard InChI is InChI=1S/C15H24N2O2/c1-12-9-13(2)11-14(10-12)16-7-5-15(18)17-6-4-8-19-3/h9-11,16H,4-8H2,1-3H3,(H,17,18). The number of benzene rings is 1. The molecule has 0 aliphatic carbocycles. The summed E-state index contributed by atoms with van der Waals surface area (Å²) < 4.78 is 4.92. The molecule has 2 N–H and O–H groups in total. The van der Waals surface area contributed by atoms with Gasteiger partial charge in [-0.25, -0.2) is 0 Å². The Labute approximate surface area is 115 Å². The highest BCUT2D eigenvalue weighted by Crippen LogP contribution is 2.13. The fraction of sp³-hybridized carbons (Fsp3) is 0.533. The number of carbonyl (C=O) groups is 1. The summed E-state index contributed by atoms with van der Waals surface area (Å²) >= 11 is 0. The third-order valence-electron chi connectivity index (χ3n) is 2.75. The summed E-state index contributed by atoms with van der Waals surface area (Å²) in [7, 11) is 1.66. The number of nitrogens with one attached hydrogen (secondary N) is 2. The molecule has 1 rings (SSSR count). The molecular formula is C15H24N2O2. The fourth-order valence-corrected chi connectivity index (χ4v) is 1.93. The molecule has 0 saturated carbocycles. The second-order valence-corrected chi connectivity index (χ2v) is 4.75. The average Bonchev–Trinajstić information content (AvgIpc) is 2.33. The molecule has 0 bridgehead atoms. The van der Waals surface area contributed by atoms with E-state index < -0.39 is 0 Å². The Kier molecular flexibility index (Phi) is 6.97. The van der Waals surface area contributed by atoms with E-state index in [0.717, 1.165) is 12.1 Å². The maximum absolute atomic E-state index is 11.5. The second-order valence-electron chi connectivity index (χ2n) is 4.75. The predicted molar refractivity (Wildman–Crippen MR) is 78.5 cm³/mol. The summed E-state index contributed by atoms with van der Waals surface area (Å²) in [6.07, 6.45) is 1.34. The molecule has 0 radical (unpaired) electrons. The highest BCUT2D eigenvalue weighted by molar-refractivity contribution is 5.76. The van der Waals surface area contributed by atoms with Gasteiger partial charge in [0.1, 0.15) is 0 Å². The normalized spacial score (nSPS) is 10.3. The van der Waals surface area contributed by atoms with Crippen LogP contribution in [0.5, 0.6) is 0 Å². The van der Waals surface area contributed by atoms with Crippen molar-refractivity contribution in [2.45, 2.75) is 26.7 Å². The van der Waals surface area contributed by atoms with Crippen LogP contribution in [0.25, 0.3) is 0 Å². The van der Waals surface area contributed by atoms with Crippen molar-refractivity contribution in [3.05, 3.63) is 29.3 Å². The van der Waals surface area contributed by atoms with Gasteiger partial charge in [-0.1, -0.05) is 6.07 Å². The van der Waals surface area contributed by atoms with Gasteiger partial charge in [-0.15, -0.1) is 0 Å². The van der Waals surface area contributed by atoms with Gasteiger partial charge in [-0.3, -0.25) is 4.79 Å². The van der Waals surface area contributed by atoms with Crippen LogP contribution in [0, 0.1) is 13.8 Å². The van der Waals surface area contributed by atoms with Crippen LogP contribution in [0.1, 0.15) is 24.0 Å². The van der Waals surface area contributed by atoms with Gasteiger partial charge in [0.25, 0.3) is 0 Å². The summed E-state index contributed by atoms with van der Waals surface area (Å²) in [6, 6.07) is 6.31. The molecule has 106 valence electrons. The Morgan fingerprint density at radius 1 is 1.16 bits per heavy atom.